The lowest BCUT2D eigenvalue weighted by Gasteiger charge is -2.30. The van der Waals surface area contributed by atoms with Crippen molar-refractivity contribution in [2.75, 3.05) is 6.61 Å². The van der Waals surface area contributed by atoms with Crippen molar-refractivity contribution in [2.24, 2.45) is 5.92 Å². The third-order valence-corrected chi connectivity index (χ3v) is 5.19. The van der Waals surface area contributed by atoms with Crippen LogP contribution in [0.3, 0.4) is 0 Å². The number of carbonyl (C=O) groups excluding carboxylic acids is 1. The molecule has 1 aliphatic rings. The first-order valence-electron chi connectivity index (χ1n) is 7.21. The Labute approximate surface area is 144 Å². The van der Waals surface area contributed by atoms with Gasteiger partial charge in [0.1, 0.15) is 12.1 Å². The highest BCUT2D eigenvalue weighted by Gasteiger charge is 2.36. The smallest absolute Gasteiger partial charge is 0.416 e. The molecular weight excluding hydrogens is 363 g/mol. The van der Waals surface area contributed by atoms with Gasteiger partial charge in [-0.1, -0.05) is 0 Å². The van der Waals surface area contributed by atoms with E-state index in [9.17, 15) is 26.7 Å². The Bertz CT molecular complexity index is 789. The van der Waals surface area contributed by atoms with E-state index in [-0.39, 0.29) is 17.9 Å². The maximum Gasteiger partial charge on any atom is 0.416 e. The number of alkyl halides is 3. The molecule has 0 amide bonds. The van der Waals surface area contributed by atoms with Crippen molar-refractivity contribution in [3.63, 3.8) is 0 Å². The normalized spacial score (nSPS) is 19.9. The predicted octanol–water partition coefficient (Wildman–Crippen LogP) is 5.02. The van der Waals surface area contributed by atoms with E-state index < -0.39 is 34.5 Å². The molecule has 132 valence electrons. The summed E-state index contributed by atoms with van der Waals surface area (Å²) < 4.78 is 71.1. The van der Waals surface area contributed by atoms with Crippen molar-refractivity contribution in [3.05, 3.63) is 59.2 Å². The molecule has 0 unspecified atom stereocenters. The molecule has 25 heavy (non-hydrogen) atoms. The number of aldehydes is 1. The minimum Gasteiger partial charge on any atom is -0.489 e. The van der Waals surface area contributed by atoms with E-state index in [0.29, 0.717) is 11.2 Å². The molecule has 0 saturated carbocycles. The highest BCUT2D eigenvalue weighted by atomic mass is 32.2. The molecule has 0 aromatic heterocycles. The lowest BCUT2D eigenvalue weighted by molar-refractivity contribution is -0.137. The molecule has 1 heterocycles. The van der Waals surface area contributed by atoms with Gasteiger partial charge in [0.15, 0.2) is 11.6 Å². The van der Waals surface area contributed by atoms with Gasteiger partial charge in [-0.25, -0.2) is 8.78 Å². The molecule has 0 aliphatic carbocycles. The Hall–Kier alpha value is -2.09. The quantitative estimate of drug-likeness (QED) is 0.557. The molecule has 2 aromatic carbocycles. The van der Waals surface area contributed by atoms with Gasteiger partial charge in [0.2, 0.25) is 0 Å². The van der Waals surface area contributed by atoms with Gasteiger partial charge in [0, 0.05) is 10.5 Å². The van der Waals surface area contributed by atoms with Gasteiger partial charge in [0.05, 0.1) is 23.3 Å². The Morgan fingerprint density at radius 2 is 1.68 bits per heavy atom. The lowest BCUT2D eigenvalue weighted by Crippen LogP contribution is -2.27. The second-order valence-electron chi connectivity index (χ2n) is 5.44. The summed E-state index contributed by atoms with van der Waals surface area (Å²) in [5, 5.41) is -0.798. The maximum absolute atomic E-state index is 14.2. The molecule has 8 heteroatoms. The van der Waals surface area contributed by atoms with Gasteiger partial charge in [-0.15, -0.1) is 11.8 Å². The van der Waals surface area contributed by atoms with E-state index in [0.717, 1.165) is 36.0 Å². The number of hydrogen-bond donors (Lipinski definition) is 0. The van der Waals surface area contributed by atoms with Gasteiger partial charge < -0.3 is 9.53 Å². The van der Waals surface area contributed by atoms with E-state index in [1.807, 2.05) is 0 Å². The summed E-state index contributed by atoms with van der Waals surface area (Å²) in [5.41, 5.74) is -0.901. The SMILES string of the molecule is O=C[C@@H]1COc2c(F)ccc(F)c2[C@H]1Sc1ccc(C(F)(F)F)cc1. The maximum atomic E-state index is 14.2. The van der Waals surface area contributed by atoms with E-state index in [2.05, 4.69) is 0 Å². The summed E-state index contributed by atoms with van der Waals surface area (Å²) in [4.78, 5) is 11.7. The third kappa shape index (κ3) is 3.49. The lowest BCUT2D eigenvalue weighted by atomic mass is 9.96. The fourth-order valence-electron chi connectivity index (χ4n) is 2.57. The van der Waals surface area contributed by atoms with Crippen LogP contribution in [0.2, 0.25) is 0 Å². The number of thioether (sulfide) groups is 1. The van der Waals surface area contributed by atoms with Crippen LogP contribution in [0.15, 0.2) is 41.3 Å². The standard InChI is InChI=1S/C17H11F5O2S/c18-12-5-6-13(19)15-14(12)16(9(7-23)8-24-15)25-11-3-1-10(2-4-11)17(20,21)22/h1-7,9,16H,8H2/t9-,16+/m1/s1. The van der Waals surface area contributed by atoms with Crippen LogP contribution in [-0.2, 0) is 11.0 Å². The minimum absolute atomic E-state index is 0.0896. The van der Waals surface area contributed by atoms with Crippen LogP contribution in [-0.4, -0.2) is 12.9 Å². The average Bonchev–Trinajstić information content (AvgIpc) is 2.58. The van der Waals surface area contributed by atoms with Crippen LogP contribution < -0.4 is 4.74 Å². The number of benzene rings is 2. The molecule has 0 fully saturated rings. The van der Waals surface area contributed by atoms with Crippen molar-refractivity contribution < 1.29 is 31.5 Å². The second-order valence-corrected chi connectivity index (χ2v) is 6.66. The van der Waals surface area contributed by atoms with Gasteiger partial charge in [-0.05, 0) is 36.4 Å². The van der Waals surface area contributed by atoms with Crippen molar-refractivity contribution >= 4 is 18.0 Å². The Morgan fingerprint density at radius 1 is 1.04 bits per heavy atom. The number of carbonyl (C=O) groups is 1. The topological polar surface area (TPSA) is 26.3 Å². The number of halogens is 5. The van der Waals surface area contributed by atoms with Crippen LogP contribution in [0.1, 0.15) is 16.4 Å². The molecule has 0 N–H and O–H groups in total. The second kappa shape index (κ2) is 6.67. The Balaban J connectivity index is 1.96. The first kappa shape index (κ1) is 17.7. The first-order valence-corrected chi connectivity index (χ1v) is 8.09. The summed E-state index contributed by atoms with van der Waals surface area (Å²) in [6.45, 7) is -0.130. The predicted molar refractivity (Wildman–Crippen MR) is 81.4 cm³/mol. The number of rotatable bonds is 3. The molecule has 0 saturated heterocycles. The molecule has 2 nitrogen and oxygen atoms in total. The number of ether oxygens (including phenoxy) is 1. The summed E-state index contributed by atoms with van der Waals surface area (Å²) in [5.74, 6) is -2.50. The molecule has 0 spiro atoms. The van der Waals surface area contributed by atoms with E-state index >= 15 is 0 Å². The minimum atomic E-state index is -4.46. The molecule has 2 atom stereocenters. The Kier molecular flexibility index (Phi) is 4.73. The van der Waals surface area contributed by atoms with Crippen LogP contribution in [0.25, 0.3) is 0 Å². The number of fused-ring (bicyclic) bond motifs is 1. The van der Waals surface area contributed by atoms with Crippen molar-refractivity contribution in [2.45, 2.75) is 16.3 Å². The number of hydrogen-bond acceptors (Lipinski definition) is 3. The van der Waals surface area contributed by atoms with E-state index in [1.54, 1.807) is 0 Å². The zero-order valence-electron chi connectivity index (χ0n) is 12.5. The molecule has 0 radical (unpaired) electrons. The zero-order chi connectivity index (χ0) is 18.2. The van der Waals surface area contributed by atoms with Crippen molar-refractivity contribution in [1.82, 2.24) is 0 Å². The highest BCUT2D eigenvalue weighted by Crippen LogP contribution is 2.48. The highest BCUT2D eigenvalue weighted by molar-refractivity contribution is 7.99. The van der Waals surface area contributed by atoms with Crippen molar-refractivity contribution in [1.29, 1.82) is 0 Å². The first-order chi connectivity index (χ1) is 11.8. The monoisotopic (exact) mass is 374 g/mol. The largest absolute Gasteiger partial charge is 0.489 e. The summed E-state index contributed by atoms with van der Waals surface area (Å²) in [6, 6.07) is 6.14. The van der Waals surface area contributed by atoms with Crippen LogP contribution in [0.5, 0.6) is 5.75 Å². The molecule has 0 bridgehead atoms. The van der Waals surface area contributed by atoms with Gasteiger partial charge in [0.25, 0.3) is 0 Å². The van der Waals surface area contributed by atoms with Crippen LogP contribution in [0.4, 0.5) is 22.0 Å². The van der Waals surface area contributed by atoms with Gasteiger partial charge in [-0.3, -0.25) is 0 Å². The third-order valence-electron chi connectivity index (χ3n) is 3.81. The van der Waals surface area contributed by atoms with Gasteiger partial charge >= 0.3 is 6.18 Å². The fraction of sp³-hybridized carbons (Fsp3) is 0.235. The zero-order valence-corrected chi connectivity index (χ0v) is 13.3. The van der Waals surface area contributed by atoms with E-state index in [4.69, 9.17) is 4.74 Å². The van der Waals surface area contributed by atoms with Gasteiger partial charge in [-0.2, -0.15) is 13.2 Å². The molecular formula is C17H11F5O2S. The summed E-state index contributed by atoms with van der Waals surface area (Å²) in [6.07, 6.45) is -3.88. The average molecular weight is 374 g/mol. The van der Waals surface area contributed by atoms with Crippen LogP contribution >= 0.6 is 11.8 Å². The molecule has 2 aromatic rings. The fourth-order valence-corrected chi connectivity index (χ4v) is 3.81. The summed E-state index contributed by atoms with van der Waals surface area (Å²) >= 11 is 0.997. The van der Waals surface area contributed by atoms with E-state index in [1.165, 1.54) is 12.1 Å². The molecule has 1 aliphatic heterocycles. The van der Waals surface area contributed by atoms with Crippen molar-refractivity contribution in [3.8, 4) is 5.75 Å². The van der Waals surface area contributed by atoms with Crippen LogP contribution in [0, 0.1) is 17.6 Å². The Morgan fingerprint density at radius 3 is 2.28 bits per heavy atom. The summed E-state index contributed by atoms with van der Waals surface area (Å²) in [7, 11) is 0. The molecule has 3 rings (SSSR count).